The number of carbonyl (C=O) groups excluding carboxylic acids is 1. The van der Waals surface area contributed by atoms with E-state index in [-0.39, 0.29) is 28.2 Å². The van der Waals surface area contributed by atoms with Crippen molar-refractivity contribution < 1.29 is 33.6 Å². The van der Waals surface area contributed by atoms with Gasteiger partial charge in [-0.05, 0) is 94.5 Å². The van der Waals surface area contributed by atoms with Crippen molar-refractivity contribution in [1.29, 1.82) is 0 Å². The van der Waals surface area contributed by atoms with Crippen LogP contribution in [0, 0.1) is 13.8 Å². The highest BCUT2D eigenvalue weighted by molar-refractivity contribution is 9.10. The number of carboxylic acids is 1. The first-order valence-corrected chi connectivity index (χ1v) is 21.8. The fourth-order valence-corrected chi connectivity index (χ4v) is 8.20. The van der Waals surface area contributed by atoms with Crippen LogP contribution in [0.1, 0.15) is 31.8 Å². The van der Waals surface area contributed by atoms with E-state index in [1.54, 1.807) is 77.7 Å². The van der Waals surface area contributed by atoms with E-state index in [2.05, 4.69) is 25.7 Å². The summed E-state index contributed by atoms with van der Waals surface area (Å²) in [5.41, 5.74) is 8.15. The van der Waals surface area contributed by atoms with Crippen molar-refractivity contribution in [2.75, 3.05) is 101 Å². The molecule has 17 heteroatoms. The number of halogens is 1. The van der Waals surface area contributed by atoms with Gasteiger partial charge in [-0.1, -0.05) is 12.1 Å². The Morgan fingerprint density at radius 2 is 0.922 bits per heavy atom. The van der Waals surface area contributed by atoms with E-state index in [9.17, 15) is 29.1 Å². The van der Waals surface area contributed by atoms with Crippen LogP contribution in [-0.4, -0.2) is 117 Å². The molecular weight excluding hydrogens is 888 g/mol. The molecule has 3 saturated heterocycles. The van der Waals surface area contributed by atoms with Crippen molar-refractivity contribution in [3.8, 4) is 22.3 Å². The van der Waals surface area contributed by atoms with Gasteiger partial charge in [-0.3, -0.25) is 14.4 Å². The molecule has 340 valence electrons. The van der Waals surface area contributed by atoms with Crippen LogP contribution in [0.15, 0.2) is 92.0 Å². The Hall–Kier alpha value is -6.01. The second-order valence-electron chi connectivity index (χ2n) is 15.7. The molecule has 3 aliphatic heterocycles. The second-order valence-corrected chi connectivity index (χ2v) is 16.6. The molecule has 0 amide bonds. The van der Waals surface area contributed by atoms with Crippen LogP contribution in [0.4, 0.5) is 17.1 Å². The predicted octanol–water partition coefficient (Wildman–Crippen LogP) is 4.86. The van der Waals surface area contributed by atoms with Gasteiger partial charge in [0.25, 0.3) is 16.7 Å². The monoisotopic (exact) mass is 942 g/mol. The summed E-state index contributed by atoms with van der Waals surface area (Å²) in [6, 6.07) is 16.1. The number of morpholine rings is 3. The minimum Gasteiger partial charge on any atom is -0.478 e. The van der Waals surface area contributed by atoms with E-state index >= 15 is 0 Å². The SMILES string of the molecule is COC(=O)c1ccc(C)c(-c2cc(N3CCOCC3)c(=O)n(C)c2)c1.Cc1ccc(C(=O)O)cc1-c1cc(N2CCOCC2)c(=O)n(C)c1.Cn1cc(Br)cc(N2CCOCC2)c1=O. The van der Waals surface area contributed by atoms with Crippen LogP contribution in [0.5, 0.6) is 0 Å². The molecule has 0 atom stereocenters. The lowest BCUT2D eigenvalue weighted by atomic mass is 9.98. The fourth-order valence-electron chi connectivity index (χ4n) is 7.67. The first-order valence-electron chi connectivity index (χ1n) is 21.0. The summed E-state index contributed by atoms with van der Waals surface area (Å²) >= 11 is 3.40. The largest absolute Gasteiger partial charge is 0.478 e. The summed E-state index contributed by atoms with van der Waals surface area (Å²) in [4.78, 5) is 66.2. The highest BCUT2D eigenvalue weighted by Crippen LogP contribution is 2.29. The Morgan fingerprint density at radius 1 is 0.562 bits per heavy atom. The number of ether oxygens (including phenoxy) is 4. The van der Waals surface area contributed by atoms with Crippen LogP contribution >= 0.6 is 15.9 Å². The number of aromatic carboxylic acids is 1. The maximum absolute atomic E-state index is 12.6. The number of nitrogens with zero attached hydrogens (tertiary/aromatic N) is 6. The Morgan fingerprint density at radius 3 is 1.31 bits per heavy atom. The highest BCUT2D eigenvalue weighted by Gasteiger charge is 2.20. The number of anilines is 3. The zero-order valence-corrected chi connectivity index (χ0v) is 38.7. The van der Waals surface area contributed by atoms with Crippen molar-refractivity contribution in [2.24, 2.45) is 21.1 Å². The molecule has 1 N–H and O–H groups in total. The summed E-state index contributed by atoms with van der Waals surface area (Å²) in [6.45, 7) is 12.0. The zero-order valence-electron chi connectivity index (χ0n) is 37.1. The maximum atomic E-state index is 12.6. The van der Waals surface area contributed by atoms with Gasteiger partial charge in [-0.25, -0.2) is 9.59 Å². The average Bonchev–Trinajstić information content (AvgIpc) is 3.30. The second kappa shape index (κ2) is 21.6. The first kappa shape index (κ1) is 47.5. The molecule has 0 bridgehead atoms. The van der Waals surface area contributed by atoms with Crippen molar-refractivity contribution >= 4 is 44.9 Å². The fraction of sp³-hybridized carbons (Fsp3) is 0.383. The normalized spacial score (nSPS) is 15.1. The Kier molecular flexibility index (Phi) is 16.0. The number of rotatable bonds is 7. The van der Waals surface area contributed by atoms with Gasteiger partial charge < -0.3 is 52.5 Å². The summed E-state index contributed by atoms with van der Waals surface area (Å²) < 4.78 is 26.5. The molecule has 3 aromatic heterocycles. The highest BCUT2D eigenvalue weighted by atomic mass is 79.9. The number of benzene rings is 2. The molecule has 0 saturated carbocycles. The number of esters is 1. The van der Waals surface area contributed by atoms with Crippen molar-refractivity contribution in [3.05, 3.63) is 131 Å². The number of carboxylic acid groups (broad SMARTS) is 1. The maximum Gasteiger partial charge on any atom is 0.337 e. The lowest BCUT2D eigenvalue weighted by Crippen LogP contribution is -2.40. The minimum absolute atomic E-state index is 0.0348. The van der Waals surface area contributed by atoms with Crippen molar-refractivity contribution in [1.82, 2.24) is 13.7 Å². The van der Waals surface area contributed by atoms with Crippen LogP contribution in [0.3, 0.4) is 0 Å². The summed E-state index contributed by atoms with van der Waals surface area (Å²) in [5.74, 6) is -1.34. The van der Waals surface area contributed by atoms with E-state index in [1.807, 2.05) is 49.1 Å². The van der Waals surface area contributed by atoms with Gasteiger partial charge >= 0.3 is 11.9 Å². The smallest absolute Gasteiger partial charge is 0.337 e. The summed E-state index contributed by atoms with van der Waals surface area (Å²) in [6.07, 6.45) is 5.32. The van der Waals surface area contributed by atoms with E-state index in [4.69, 9.17) is 18.9 Å². The molecule has 0 spiro atoms. The van der Waals surface area contributed by atoms with E-state index in [1.165, 1.54) is 7.11 Å². The lowest BCUT2D eigenvalue weighted by molar-refractivity contribution is 0.0599. The number of methoxy groups -OCH3 is 1. The van der Waals surface area contributed by atoms with E-state index < -0.39 is 5.97 Å². The van der Waals surface area contributed by atoms with Gasteiger partial charge in [-0.15, -0.1) is 0 Å². The molecule has 0 radical (unpaired) electrons. The average molecular weight is 944 g/mol. The molecule has 0 unspecified atom stereocenters. The number of carbonyl (C=O) groups is 2. The molecule has 3 fully saturated rings. The number of pyridine rings is 3. The Balaban J connectivity index is 0.000000164. The van der Waals surface area contributed by atoms with E-state index in [0.29, 0.717) is 82.8 Å². The summed E-state index contributed by atoms with van der Waals surface area (Å²) in [5, 5.41) is 9.23. The van der Waals surface area contributed by atoms with Crippen molar-refractivity contribution in [3.63, 3.8) is 0 Å². The predicted molar refractivity (Wildman–Crippen MR) is 250 cm³/mol. The Bertz CT molecular complexity index is 2660. The van der Waals surface area contributed by atoms with Crippen LogP contribution in [0.25, 0.3) is 22.3 Å². The van der Waals surface area contributed by atoms with Crippen molar-refractivity contribution in [2.45, 2.75) is 13.8 Å². The third-order valence-corrected chi connectivity index (χ3v) is 11.7. The first-order chi connectivity index (χ1) is 30.7. The van der Waals surface area contributed by atoms with Gasteiger partial charge in [0.15, 0.2) is 0 Å². The van der Waals surface area contributed by atoms with Gasteiger partial charge in [-0.2, -0.15) is 0 Å². The molecule has 5 aromatic rings. The van der Waals surface area contributed by atoms with E-state index in [0.717, 1.165) is 56.6 Å². The topological polar surface area (TPSA) is 167 Å². The third-order valence-electron chi connectivity index (χ3n) is 11.3. The molecule has 8 rings (SSSR count). The van der Waals surface area contributed by atoms with Crippen LogP contribution in [0.2, 0.25) is 0 Å². The van der Waals surface area contributed by atoms with Gasteiger partial charge in [0, 0.05) is 94.6 Å². The lowest BCUT2D eigenvalue weighted by Gasteiger charge is -2.29. The Labute approximate surface area is 379 Å². The van der Waals surface area contributed by atoms with Crippen LogP contribution in [-0.2, 0) is 40.1 Å². The molecular formula is C47H55BrN6O10. The summed E-state index contributed by atoms with van der Waals surface area (Å²) in [7, 11) is 6.59. The molecule has 2 aromatic carbocycles. The number of hydrogen-bond donors (Lipinski definition) is 1. The quantitative estimate of drug-likeness (QED) is 0.220. The standard InChI is InChI=1S/C19H22N2O4.C18H20N2O4.C10H13BrN2O2/c1-13-4-5-14(19(23)24-3)10-16(13)15-11-17(18(22)20(2)12-15)21-6-8-25-9-7-21;1-12-3-4-13(18(22)23)9-15(12)14-10-16(17(21)19(2)11-14)20-5-7-24-8-6-20;1-12-7-8(11)6-9(10(12)14)13-2-4-15-5-3-13/h4-5,10-12H,6-9H2,1-3H3;3-4,9-11H,5-8H2,1-2H3,(H,22,23);6-7H,2-5H2,1H3. The minimum atomic E-state index is -0.963. The molecule has 6 heterocycles. The molecule has 0 aliphatic carbocycles. The van der Waals surface area contributed by atoms with Crippen LogP contribution < -0.4 is 31.4 Å². The number of hydrogen-bond acceptors (Lipinski definition) is 12. The molecule has 16 nitrogen and oxygen atoms in total. The van der Waals surface area contributed by atoms with Gasteiger partial charge in [0.05, 0.1) is 57.9 Å². The van der Waals surface area contributed by atoms with Gasteiger partial charge in [0.2, 0.25) is 0 Å². The third kappa shape index (κ3) is 11.4. The number of aryl methyl sites for hydroxylation is 5. The molecule has 64 heavy (non-hydrogen) atoms. The van der Waals surface area contributed by atoms with Gasteiger partial charge in [0.1, 0.15) is 17.1 Å². The number of aromatic nitrogens is 3. The zero-order chi connectivity index (χ0) is 46.1. The molecule has 3 aliphatic rings.